The zero-order valence-corrected chi connectivity index (χ0v) is 19.9. The highest BCUT2D eigenvalue weighted by molar-refractivity contribution is 7.98. The first kappa shape index (κ1) is 26.4. The van der Waals surface area contributed by atoms with Gasteiger partial charge in [-0.1, -0.05) is 32.1 Å². The molecule has 0 bridgehead atoms. The fourth-order valence-corrected chi connectivity index (χ4v) is 3.20. The summed E-state index contributed by atoms with van der Waals surface area (Å²) in [7, 11) is 1.32. The first-order chi connectivity index (χ1) is 14.3. The van der Waals surface area contributed by atoms with Gasteiger partial charge in [-0.25, -0.2) is 4.79 Å². The number of carbonyl (C=O) groups is 2. The highest BCUT2D eigenvalue weighted by atomic mass is 32.2. The molecule has 0 aliphatic carbocycles. The van der Waals surface area contributed by atoms with E-state index in [0.717, 1.165) is 5.75 Å². The smallest absolute Gasteiger partial charge is 0.328 e. The first-order valence-corrected chi connectivity index (χ1v) is 12.0. The van der Waals surface area contributed by atoms with E-state index in [-0.39, 0.29) is 17.9 Å². The van der Waals surface area contributed by atoms with Crippen molar-refractivity contribution >= 4 is 36.3 Å². The molecule has 0 saturated carbocycles. The van der Waals surface area contributed by atoms with Gasteiger partial charge in [-0.3, -0.25) is 4.79 Å². The van der Waals surface area contributed by atoms with Gasteiger partial charge in [-0.15, -0.1) is 0 Å². The number of hydrogen-bond donors (Lipinski definition) is 3. The van der Waals surface area contributed by atoms with Gasteiger partial charge in [0.25, 0.3) is 5.91 Å². The fourth-order valence-electron chi connectivity index (χ4n) is 2.60. The Hall–Kier alpha value is -1.64. The number of amides is 1. The molecule has 6 nitrogen and oxygen atoms in total. The molecule has 0 aromatic heterocycles. The molecule has 1 aromatic rings. The highest BCUT2D eigenvalue weighted by Crippen LogP contribution is 2.19. The van der Waals surface area contributed by atoms with Crippen LogP contribution in [0.2, 0.25) is 0 Å². The summed E-state index contributed by atoms with van der Waals surface area (Å²) < 4.78 is 10.7. The summed E-state index contributed by atoms with van der Waals surface area (Å²) in [4.78, 5) is 24.6. The zero-order valence-electron chi connectivity index (χ0n) is 18.2. The van der Waals surface area contributed by atoms with Crippen LogP contribution in [-0.2, 0) is 9.53 Å². The van der Waals surface area contributed by atoms with E-state index < -0.39 is 12.0 Å². The van der Waals surface area contributed by atoms with E-state index in [9.17, 15) is 9.59 Å². The van der Waals surface area contributed by atoms with E-state index in [1.165, 1.54) is 7.11 Å². The van der Waals surface area contributed by atoms with Crippen molar-refractivity contribution in [3.05, 3.63) is 42.0 Å². The summed E-state index contributed by atoms with van der Waals surface area (Å²) in [5, 5.41) is 2.75. The van der Waals surface area contributed by atoms with Gasteiger partial charge in [0.05, 0.1) is 13.7 Å². The molecule has 30 heavy (non-hydrogen) atoms. The van der Waals surface area contributed by atoms with Crippen LogP contribution < -0.4 is 15.8 Å². The molecule has 0 heterocycles. The Kier molecular flexibility index (Phi) is 12.7. The van der Waals surface area contributed by atoms with Gasteiger partial charge in [-0.05, 0) is 42.5 Å². The largest absolute Gasteiger partial charge is 0.493 e. The van der Waals surface area contributed by atoms with E-state index in [2.05, 4.69) is 37.9 Å². The van der Waals surface area contributed by atoms with Gasteiger partial charge >= 0.3 is 5.97 Å². The molecule has 0 radical (unpaired) electrons. The molecule has 0 aliphatic rings. The summed E-state index contributed by atoms with van der Waals surface area (Å²) in [5.74, 6) is 1.69. The average molecular weight is 455 g/mol. The quantitative estimate of drug-likeness (QED) is 0.241. The van der Waals surface area contributed by atoms with Crippen molar-refractivity contribution in [2.24, 2.45) is 17.6 Å². The summed E-state index contributed by atoms with van der Waals surface area (Å²) in [6, 6.07) is 6.18. The lowest BCUT2D eigenvalue weighted by Crippen LogP contribution is -2.41. The molecule has 1 rings (SSSR count). The number of esters is 1. The van der Waals surface area contributed by atoms with Crippen molar-refractivity contribution in [3.8, 4) is 5.75 Å². The summed E-state index contributed by atoms with van der Waals surface area (Å²) in [6.07, 6.45) is 6.47. The molecule has 168 valence electrons. The zero-order chi connectivity index (χ0) is 22.5. The van der Waals surface area contributed by atoms with Crippen molar-refractivity contribution in [1.82, 2.24) is 5.32 Å². The van der Waals surface area contributed by atoms with Crippen molar-refractivity contribution in [2.75, 3.05) is 31.5 Å². The van der Waals surface area contributed by atoms with Gasteiger partial charge in [0.2, 0.25) is 0 Å². The number of ether oxygens (including phenoxy) is 2. The predicted molar refractivity (Wildman–Crippen MR) is 128 cm³/mol. The van der Waals surface area contributed by atoms with Gasteiger partial charge in [0.15, 0.2) is 0 Å². The van der Waals surface area contributed by atoms with Crippen LogP contribution in [0.15, 0.2) is 36.4 Å². The molecule has 0 spiro atoms. The number of carbonyl (C=O) groups excluding carboxylic acids is 2. The van der Waals surface area contributed by atoms with Gasteiger partial charge in [-0.2, -0.15) is 24.4 Å². The van der Waals surface area contributed by atoms with Crippen LogP contribution in [-0.4, -0.2) is 55.4 Å². The van der Waals surface area contributed by atoms with Crippen molar-refractivity contribution in [2.45, 2.75) is 32.4 Å². The number of methoxy groups -OCH3 is 1. The fraction of sp³-hybridized carbons (Fsp3) is 0.545. The van der Waals surface area contributed by atoms with Crippen LogP contribution >= 0.6 is 24.4 Å². The number of hydrogen-bond acceptors (Lipinski definition) is 7. The second kappa shape index (κ2) is 14.4. The van der Waals surface area contributed by atoms with Crippen molar-refractivity contribution < 1.29 is 19.1 Å². The number of benzene rings is 1. The minimum atomic E-state index is -0.675. The topological polar surface area (TPSA) is 90.6 Å². The molecule has 0 saturated heterocycles. The second-order valence-electron chi connectivity index (χ2n) is 7.31. The maximum Gasteiger partial charge on any atom is 0.328 e. The van der Waals surface area contributed by atoms with Crippen LogP contribution in [0.4, 0.5) is 0 Å². The molecular formula is C22H34N2O4S2. The van der Waals surface area contributed by atoms with E-state index in [1.807, 2.05) is 18.4 Å². The Bertz CT molecular complexity index is 697. The summed E-state index contributed by atoms with van der Waals surface area (Å²) >= 11 is 5.80. The van der Waals surface area contributed by atoms with Crippen LogP contribution in [0.1, 0.15) is 30.6 Å². The lowest BCUT2D eigenvalue weighted by molar-refractivity contribution is -0.142. The average Bonchev–Trinajstić information content (AvgIpc) is 2.75. The monoisotopic (exact) mass is 454 g/mol. The Labute approximate surface area is 189 Å². The third-order valence-corrected chi connectivity index (χ3v) is 5.68. The highest BCUT2D eigenvalue weighted by Gasteiger charge is 2.22. The minimum Gasteiger partial charge on any atom is -0.493 e. The van der Waals surface area contributed by atoms with Crippen molar-refractivity contribution in [1.29, 1.82) is 0 Å². The van der Waals surface area contributed by atoms with Crippen molar-refractivity contribution in [3.63, 3.8) is 0 Å². The SMILES string of the molecule is COC(=O)C(CCSC)NC(=O)c1cccc(OCC(/C=C/C(N)CS)C(C)C)c1. The lowest BCUT2D eigenvalue weighted by atomic mass is 9.96. The number of thioether (sulfide) groups is 1. The van der Waals surface area contributed by atoms with Gasteiger partial charge in [0, 0.05) is 23.3 Å². The third-order valence-electron chi connectivity index (χ3n) is 4.61. The Balaban J connectivity index is 2.79. The molecule has 1 aromatic carbocycles. The molecule has 0 aliphatic heterocycles. The molecule has 8 heteroatoms. The van der Waals surface area contributed by atoms with Gasteiger partial charge < -0.3 is 20.5 Å². The Morgan fingerprint density at radius 3 is 2.63 bits per heavy atom. The molecule has 1 amide bonds. The number of nitrogens with one attached hydrogen (secondary N) is 1. The van der Waals surface area contributed by atoms with E-state index in [1.54, 1.807) is 30.0 Å². The Morgan fingerprint density at radius 2 is 2.03 bits per heavy atom. The van der Waals surface area contributed by atoms with Crippen LogP contribution in [0.25, 0.3) is 0 Å². The number of nitrogens with two attached hydrogens (primary N) is 1. The molecule has 0 fully saturated rings. The van der Waals surface area contributed by atoms with Crippen LogP contribution in [0, 0.1) is 11.8 Å². The van der Waals surface area contributed by atoms with E-state index in [4.69, 9.17) is 15.2 Å². The summed E-state index contributed by atoms with van der Waals surface area (Å²) in [5.41, 5.74) is 6.33. The molecule has 3 N–H and O–H groups in total. The number of thiol groups is 1. The first-order valence-electron chi connectivity index (χ1n) is 9.97. The third kappa shape index (κ3) is 9.45. The van der Waals surface area contributed by atoms with E-state index >= 15 is 0 Å². The molecule has 3 atom stereocenters. The van der Waals surface area contributed by atoms with Crippen LogP contribution in [0.5, 0.6) is 5.75 Å². The second-order valence-corrected chi connectivity index (χ2v) is 8.66. The maximum atomic E-state index is 12.6. The van der Waals surface area contributed by atoms with Gasteiger partial charge in [0.1, 0.15) is 11.8 Å². The predicted octanol–water partition coefficient (Wildman–Crippen LogP) is 3.18. The van der Waals surface area contributed by atoms with Crippen LogP contribution in [0.3, 0.4) is 0 Å². The summed E-state index contributed by atoms with van der Waals surface area (Å²) in [6.45, 7) is 4.71. The standard InChI is InChI=1S/C22H34N2O4S2/c1-15(2)17(8-9-18(23)14-29)13-28-19-7-5-6-16(12-19)21(25)24-20(10-11-30-4)22(26)27-3/h5-9,12,15,17-18,20,29H,10-11,13-14,23H2,1-4H3,(H,24,25)/b9-8+. The molecule has 3 unspecified atom stereocenters. The maximum absolute atomic E-state index is 12.6. The Morgan fingerprint density at radius 1 is 1.30 bits per heavy atom. The molecular weight excluding hydrogens is 420 g/mol. The normalized spacial score (nSPS) is 14.4. The minimum absolute atomic E-state index is 0.0875. The van der Waals surface area contributed by atoms with E-state index in [0.29, 0.717) is 36.0 Å². The number of rotatable bonds is 13. The lowest BCUT2D eigenvalue weighted by Gasteiger charge is -2.19.